The van der Waals surface area contributed by atoms with Gasteiger partial charge in [-0.2, -0.15) is 0 Å². The van der Waals surface area contributed by atoms with Crippen molar-refractivity contribution in [2.75, 3.05) is 47.9 Å². The van der Waals surface area contributed by atoms with Crippen LogP contribution in [-0.2, 0) is 19.9 Å². The summed E-state index contributed by atoms with van der Waals surface area (Å²) in [4.78, 5) is 26.3. The molecule has 3 fully saturated rings. The van der Waals surface area contributed by atoms with Crippen LogP contribution in [0.3, 0.4) is 0 Å². The van der Waals surface area contributed by atoms with Crippen molar-refractivity contribution in [3.63, 3.8) is 0 Å². The van der Waals surface area contributed by atoms with Gasteiger partial charge in [-0.15, -0.1) is 0 Å². The maximum absolute atomic E-state index is 13.9. The molecule has 1 amide bonds. The second-order valence-electron chi connectivity index (χ2n) is 15.8. The van der Waals surface area contributed by atoms with Crippen LogP contribution in [0.2, 0.25) is 5.02 Å². The highest BCUT2D eigenvalue weighted by Gasteiger charge is 2.30. The van der Waals surface area contributed by atoms with E-state index in [2.05, 4.69) is 41.9 Å². The lowest BCUT2D eigenvalue weighted by Gasteiger charge is -2.41. The van der Waals surface area contributed by atoms with E-state index in [0.717, 1.165) is 61.5 Å². The normalized spacial score (nSPS) is 19.6. The topological polar surface area (TPSA) is 154 Å². The van der Waals surface area contributed by atoms with Crippen LogP contribution in [0.25, 0.3) is 11.0 Å². The molecule has 0 saturated carbocycles. The zero-order valence-corrected chi connectivity index (χ0v) is 34.9. The van der Waals surface area contributed by atoms with E-state index in [1.165, 1.54) is 30.5 Å². The van der Waals surface area contributed by atoms with Gasteiger partial charge in [0.1, 0.15) is 27.0 Å². The first-order valence-electron chi connectivity index (χ1n) is 20.0. The van der Waals surface area contributed by atoms with Crippen LogP contribution < -0.4 is 19.7 Å². The molecule has 8 rings (SSSR count). The predicted octanol–water partition coefficient (Wildman–Crippen LogP) is 7.87. The number of fused-ring (bicyclic) bond motifs is 1. The fourth-order valence-electron chi connectivity index (χ4n) is 8.51. The average molecular weight is 845 g/mol. The second-order valence-corrected chi connectivity index (χ2v) is 20.3. The van der Waals surface area contributed by atoms with Crippen LogP contribution in [0.5, 0.6) is 11.5 Å². The van der Waals surface area contributed by atoms with Gasteiger partial charge in [0, 0.05) is 65.8 Å². The highest BCUT2D eigenvalue weighted by Crippen LogP contribution is 2.36. The number of pyridine rings is 1. The van der Waals surface area contributed by atoms with Crippen molar-refractivity contribution in [1.82, 2.24) is 19.6 Å². The minimum atomic E-state index is -4.28. The number of sulfone groups is 1. The number of rotatable bonds is 11. The number of carbonyl (C=O) groups excluding carboxylic acids is 1. The predicted molar refractivity (Wildman–Crippen MR) is 228 cm³/mol. The second kappa shape index (κ2) is 16.9. The SMILES string of the molecule is Cc1cc(S(=O)(=O)NC(=O)c2ccc(N3CCC(CN4CCCCC4c4ccc(Cl)cc4)CC3)cc2Oc2cnc3[nH]ccc3c2)ccc1NC1CCS(=O)(=O)CC1. The van der Waals surface area contributed by atoms with Gasteiger partial charge in [-0.1, -0.05) is 30.2 Å². The van der Waals surface area contributed by atoms with Crippen LogP contribution in [0.4, 0.5) is 11.4 Å². The number of amides is 1. The maximum atomic E-state index is 13.9. The molecular weight excluding hydrogens is 796 g/mol. The van der Waals surface area contributed by atoms with Crippen LogP contribution in [-0.4, -0.2) is 81.3 Å². The third-order valence-electron chi connectivity index (χ3n) is 11.8. The van der Waals surface area contributed by atoms with Crippen LogP contribution >= 0.6 is 11.6 Å². The molecular formula is C43H49ClN6O6S2. The van der Waals surface area contributed by atoms with Gasteiger partial charge in [0.05, 0.1) is 28.2 Å². The smallest absolute Gasteiger partial charge is 0.268 e. The van der Waals surface area contributed by atoms with Crippen molar-refractivity contribution in [2.24, 2.45) is 5.92 Å². The summed E-state index contributed by atoms with van der Waals surface area (Å²) >= 11 is 6.20. The van der Waals surface area contributed by atoms with Gasteiger partial charge in [-0.3, -0.25) is 9.69 Å². The van der Waals surface area contributed by atoms with E-state index in [1.54, 1.807) is 31.5 Å². The molecule has 58 heavy (non-hydrogen) atoms. The first-order chi connectivity index (χ1) is 27.9. The van der Waals surface area contributed by atoms with E-state index in [-0.39, 0.29) is 33.8 Å². The maximum Gasteiger partial charge on any atom is 0.268 e. The molecule has 5 heterocycles. The van der Waals surface area contributed by atoms with E-state index in [0.29, 0.717) is 47.4 Å². The Labute approximate surface area is 345 Å². The fraction of sp³-hybridized carbons (Fsp3) is 0.395. The number of nitrogens with zero attached hydrogens (tertiary/aromatic N) is 3. The number of H-pyrrole nitrogens is 1. The van der Waals surface area contributed by atoms with Gasteiger partial charge in [-0.05, 0) is 124 Å². The molecule has 3 saturated heterocycles. The summed E-state index contributed by atoms with van der Waals surface area (Å²) in [6, 6.07) is 22.2. The molecule has 15 heteroatoms. The van der Waals surface area contributed by atoms with Crippen molar-refractivity contribution in [1.29, 1.82) is 0 Å². The lowest BCUT2D eigenvalue weighted by molar-refractivity contribution is 0.0979. The number of carbonyl (C=O) groups is 1. The molecule has 3 N–H and O–H groups in total. The third kappa shape index (κ3) is 9.30. The summed E-state index contributed by atoms with van der Waals surface area (Å²) < 4.78 is 59.6. The molecule has 5 aromatic rings. The number of aromatic nitrogens is 2. The minimum absolute atomic E-state index is 0.0293. The molecule has 3 aliphatic heterocycles. The Morgan fingerprint density at radius 1 is 0.931 bits per heavy atom. The minimum Gasteiger partial charge on any atom is -0.455 e. The van der Waals surface area contributed by atoms with Gasteiger partial charge in [0.2, 0.25) is 0 Å². The van der Waals surface area contributed by atoms with Crippen LogP contribution in [0.1, 0.15) is 72.5 Å². The molecule has 3 aromatic carbocycles. The Hall–Kier alpha value is -4.63. The number of anilines is 2. The van der Waals surface area contributed by atoms with Gasteiger partial charge >= 0.3 is 0 Å². The van der Waals surface area contributed by atoms with Gasteiger partial charge < -0.3 is 19.9 Å². The number of sulfonamides is 1. The third-order valence-corrected chi connectivity index (χ3v) is 15.1. The largest absolute Gasteiger partial charge is 0.455 e. The Morgan fingerprint density at radius 3 is 2.47 bits per heavy atom. The van der Waals surface area contributed by atoms with E-state index in [1.807, 2.05) is 36.4 Å². The lowest BCUT2D eigenvalue weighted by atomic mass is 9.91. The number of hydrogen-bond donors (Lipinski definition) is 3. The first-order valence-corrected chi connectivity index (χ1v) is 23.7. The summed E-state index contributed by atoms with van der Waals surface area (Å²) in [5.41, 5.74) is 4.35. The highest BCUT2D eigenvalue weighted by molar-refractivity contribution is 7.91. The van der Waals surface area contributed by atoms with Gasteiger partial charge in [0.15, 0.2) is 0 Å². The van der Waals surface area contributed by atoms with E-state index >= 15 is 0 Å². The van der Waals surface area contributed by atoms with Crippen molar-refractivity contribution in [2.45, 2.75) is 68.8 Å². The molecule has 2 aromatic heterocycles. The molecule has 12 nitrogen and oxygen atoms in total. The Balaban J connectivity index is 0.972. The first kappa shape index (κ1) is 40.2. The Kier molecular flexibility index (Phi) is 11.7. The van der Waals surface area contributed by atoms with Crippen LogP contribution in [0, 0.1) is 12.8 Å². The van der Waals surface area contributed by atoms with Crippen molar-refractivity contribution < 1.29 is 26.4 Å². The molecule has 0 bridgehead atoms. The zero-order valence-electron chi connectivity index (χ0n) is 32.5. The fourth-order valence-corrected chi connectivity index (χ4v) is 11.2. The summed E-state index contributed by atoms with van der Waals surface area (Å²) in [6.45, 7) is 5.59. The molecule has 1 unspecified atom stereocenters. The molecule has 0 spiro atoms. The number of hydrogen-bond acceptors (Lipinski definition) is 10. The standard InChI is InChI=1S/C43H49ClN6O6S2/c1-29-24-37(10-12-39(29)47-34-16-22-57(52,53)23-17-34)58(54,55)48-43(51)38-11-9-35(26-41(38)56-36-25-32-13-18-45-42(32)46-27-36)49-20-14-30(15-21-49)28-50-19-3-2-4-40(50)31-5-7-33(44)8-6-31/h5-13,18,24-27,30,34,40,47H,2-4,14-17,19-23,28H2,1H3,(H,45,46)(H,48,51). The number of likely N-dealkylation sites (tertiary alicyclic amines) is 1. The Bertz CT molecular complexity index is 2490. The van der Waals surface area contributed by atoms with Crippen molar-refractivity contribution in [3.05, 3.63) is 107 Å². The average Bonchev–Trinajstić information content (AvgIpc) is 3.68. The van der Waals surface area contributed by atoms with Crippen LogP contribution in [0.15, 0.2) is 90.1 Å². The number of benzene rings is 3. The summed E-state index contributed by atoms with van der Waals surface area (Å²) in [5, 5.41) is 4.94. The van der Waals surface area contributed by atoms with Gasteiger partial charge in [0.25, 0.3) is 15.9 Å². The molecule has 306 valence electrons. The summed E-state index contributed by atoms with van der Waals surface area (Å²) in [6.07, 6.45) is 9.95. The van der Waals surface area contributed by atoms with Gasteiger partial charge in [-0.25, -0.2) is 26.5 Å². The number of halogens is 1. The highest BCUT2D eigenvalue weighted by atomic mass is 35.5. The molecule has 3 aliphatic rings. The number of ether oxygens (including phenoxy) is 1. The Morgan fingerprint density at radius 2 is 1.71 bits per heavy atom. The van der Waals surface area contributed by atoms with E-state index in [4.69, 9.17) is 16.3 Å². The number of nitrogens with one attached hydrogen (secondary N) is 3. The van der Waals surface area contributed by atoms with E-state index in [9.17, 15) is 21.6 Å². The van der Waals surface area contributed by atoms with E-state index < -0.39 is 25.8 Å². The zero-order chi connectivity index (χ0) is 40.4. The van der Waals surface area contributed by atoms with Crippen molar-refractivity contribution >= 4 is 59.8 Å². The quantitative estimate of drug-likeness (QED) is 0.120. The van der Waals surface area contributed by atoms with Crippen molar-refractivity contribution in [3.8, 4) is 11.5 Å². The monoisotopic (exact) mass is 844 g/mol. The molecule has 0 aliphatic carbocycles. The number of aromatic amines is 1. The number of aryl methyl sites for hydroxylation is 1. The molecule has 1 atom stereocenters. The summed E-state index contributed by atoms with van der Waals surface area (Å²) in [5.74, 6) is 0.594. The lowest BCUT2D eigenvalue weighted by Crippen LogP contribution is -2.41. The number of piperidine rings is 2. The summed E-state index contributed by atoms with van der Waals surface area (Å²) in [7, 11) is -7.29. The molecule has 0 radical (unpaired) electrons.